The molecule has 164 valence electrons. The van der Waals surface area contributed by atoms with Crippen LogP contribution in [0.15, 0.2) is 66.9 Å². The first kappa shape index (κ1) is 18.9. The van der Waals surface area contributed by atoms with Crippen molar-refractivity contribution in [2.75, 3.05) is 0 Å². The van der Waals surface area contributed by atoms with Gasteiger partial charge in [-0.15, -0.1) is 0 Å². The molecule has 0 atom stereocenters. The van der Waals surface area contributed by atoms with Crippen LogP contribution < -0.4 is 5.19 Å². The Morgan fingerprint density at radius 2 is 1.53 bits per heavy atom. The summed E-state index contributed by atoms with van der Waals surface area (Å²) in [6.07, 6.45) is 2.01. The molecule has 0 bridgehead atoms. The van der Waals surface area contributed by atoms with Crippen LogP contribution in [0.4, 0.5) is 0 Å². The van der Waals surface area contributed by atoms with Crippen molar-refractivity contribution in [1.82, 2.24) is 9.38 Å². The van der Waals surface area contributed by atoms with Crippen molar-refractivity contribution in [3.63, 3.8) is 0 Å². The molecule has 34 heavy (non-hydrogen) atoms. The molecule has 0 radical (unpaired) electrons. The Hall–Kier alpha value is -3.43. The summed E-state index contributed by atoms with van der Waals surface area (Å²) in [6, 6.07) is 23.0. The van der Waals surface area contributed by atoms with E-state index in [1.54, 1.807) is 5.19 Å². The maximum Gasteiger partial charge on any atom is 0.0823 e. The van der Waals surface area contributed by atoms with Gasteiger partial charge in [-0.05, 0) is 44.6 Å². The van der Waals surface area contributed by atoms with Crippen molar-refractivity contribution < 1.29 is 0 Å². The standard InChI is InChI=1S/C31H26N2Si/c1-31(2)22-12-8-11-20-25-23(34(3,4)5)16-18-13-14-32-27-21-15-17-9-6-7-10-19(17)26(31)29(21)33(28(20)22)30(25)24(18)27/h6-16H,1-5H3. The topological polar surface area (TPSA) is 17.3 Å². The molecular formula is C31H26N2Si. The fraction of sp³-hybridized carbons (Fsp3) is 0.194. The van der Waals surface area contributed by atoms with Crippen LogP contribution >= 0.6 is 0 Å². The molecule has 0 aliphatic carbocycles. The van der Waals surface area contributed by atoms with Gasteiger partial charge in [0.15, 0.2) is 0 Å². The van der Waals surface area contributed by atoms with E-state index in [2.05, 4.69) is 98.6 Å². The number of para-hydroxylation sites is 1. The first-order valence-corrected chi connectivity index (χ1v) is 15.8. The summed E-state index contributed by atoms with van der Waals surface area (Å²) in [5.41, 5.74) is 8.01. The number of fused-ring (bicyclic) bond motifs is 4. The van der Waals surface area contributed by atoms with Crippen LogP contribution in [0.5, 0.6) is 0 Å². The first-order valence-electron chi connectivity index (χ1n) is 12.3. The Labute approximate surface area is 199 Å². The lowest BCUT2D eigenvalue weighted by molar-refractivity contribution is 0.649. The minimum atomic E-state index is -1.62. The molecule has 4 heterocycles. The molecule has 2 nitrogen and oxygen atoms in total. The van der Waals surface area contributed by atoms with E-state index < -0.39 is 8.07 Å². The lowest BCUT2D eigenvalue weighted by Gasteiger charge is -2.34. The van der Waals surface area contributed by atoms with Gasteiger partial charge in [0.1, 0.15) is 0 Å². The van der Waals surface area contributed by atoms with Crippen LogP contribution in [0, 0.1) is 0 Å². The third kappa shape index (κ3) is 1.95. The quantitative estimate of drug-likeness (QED) is 0.141. The number of hydrogen-bond donors (Lipinski definition) is 0. The Bertz CT molecular complexity index is 2020. The Morgan fingerprint density at radius 1 is 0.735 bits per heavy atom. The lowest BCUT2D eigenvalue weighted by Crippen LogP contribution is -2.38. The van der Waals surface area contributed by atoms with Crippen LogP contribution in [0.1, 0.15) is 25.0 Å². The van der Waals surface area contributed by atoms with Gasteiger partial charge in [0, 0.05) is 33.2 Å². The van der Waals surface area contributed by atoms with Gasteiger partial charge in [-0.3, -0.25) is 4.98 Å². The molecule has 0 spiro atoms. The first-order chi connectivity index (χ1) is 16.3. The molecule has 4 aromatic carbocycles. The predicted octanol–water partition coefficient (Wildman–Crippen LogP) is 7.72. The van der Waals surface area contributed by atoms with Crippen molar-refractivity contribution in [2.45, 2.75) is 38.9 Å². The van der Waals surface area contributed by atoms with Crippen molar-refractivity contribution >= 4 is 73.0 Å². The predicted molar refractivity (Wildman–Crippen MR) is 149 cm³/mol. The normalized spacial score (nSPS) is 15.4. The monoisotopic (exact) mass is 454 g/mol. The van der Waals surface area contributed by atoms with E-state index in [1.807, 2.05) is 6.20 Å². The highest BCUT2D eigenvalue weighted by Crippen LogP contribution is 2.51. The molecule has 1 aliphatic heterocycles. The number of pyridine rings is 2. The maximum absolute atomic E-state index is 5.04. The molecule has 0 amide bonds. The number of aromatic nitrogens is 2. The summed E-state index contributed by atoms with van der Waals surface area (Å²) in [4.78, 5) is 5.04. The largest absolute Gasteiger partial charge is 0.307 e. The summed E-state index contributed by atoms with van der Waals surface area (Å²) >= 11 is 0. The minimum absolute atomic E-state index is 0.112. The van der Waals surface area contributed by atoms with E-state index in [9.17, 15) is 0 Å². The summed E-state index contributed by atoms with van der Waals surface area (Å²) in [6.45, 7) is 12.3. The Kier molecular flexibility index (Phi) is 3.13. The summed E-state index contributed by atoms with van der Waals surface area (Å²) < 4.78 is 2.63. The van der Waals surface area contributed by atoms with E-state index in [0.29, 0.717) is 0 Å². The lowest BCUT2D eigenvalue weighted by atomic mass is 9.73. The van der Waals surface area contributed by atoms with E-state index in [1.165, 1.54) is 65.4 Å². The third-order valence-corrected chi connectivity index (χ3v) is 10.4. The molecule has 3 aromatic heterocycles. The van der Waals surface area contributed by atoms with Gasteiger partial charge in [0.25, 0.3) is 0 Å². The molecule has 3 heteroatoms. The molecule has 8 rings (SSSR count). The number of rotatable bonds is 1. The molecule has 0 fully saturated rings. The van der Waals surface area contributed by atoms with Gasteiger partial charge in [0.2, 0.25) is 0 Å². The van der Waals surface area contributed by atoms with Crippen LogP contribution in [0.2, 0.25) is 19.6 Å². The summed E-state index contributed by atoms with van der Waals surface area (Å²) in [7, 11) is -1.62. The van der Waals surface area contributed by atoms with E-state index in [4.69, 9.17) is 4.98 Å². The molecule has 1 aliphatic rings. The zero-order valence-electron chi connectivity index (χ0n) is 20.2. The summed E-state index contributed by atoms with van der Waals surface area (Å²) in [5.74, 6) is 0. The average Bonchev–Trinajstić information content (AvgIpc) is 3.16. The van der Waals surface area contributed by atoms with E-state index in [0.717, 1.165) is 5.52 Å². The molecule has 0 N–H and O–H groups in total. The van der Waals surface area contributed by atoms with Gasteiger partial charge in [-0.25, -0.2) is 0 Å². The fourth-order valence-corrected chi connectivity index (χ4v) is 8.55. The van der Waals surface area contributed by atoms with E-state index in [-0.39, 0.29) is 5.41 Å². The minimum Gasteiger partial charge on any atom is -0.307 e. The molecule has 0 saturated carbocycles. The second kappa shape index (κ2) is 5.61. The second-order valence-electron chi connectivity index (χ2n) is 11.7. The van der Waals surface area contributed by atoms with Crippen LogP contribution in [-0.4, -0.2) is 17.5 Å². The van der Waals surface area contributed by atoms with Gasteiger partial charge in [0.05, 0.1) is 30.1 Å². The number of nitrogens with zero attached hydrogens (tertiary/aromatic N) is 2. The Balaban J connectivity index is 1.87. The average molecular weight is 455 g/mol. The van der Waals surface area contributed by atoms with Gasteiger partial charge >= 0.3 is 0 Å². The molecule has 0 saturated heterocycles. The van der Waals surface area contributed by atoms with Crippen molar-refractivity contribution in [3.8, 4) is 0 Å². The summed E-state index contributed by atoms with van der Waals surface area (Å²) in [5, 5.41) is 11.0. The second-order valence-corrected chi connectivity index (χ2v) is 16.7. The highest BCUT2D eigenvalue weighted by atomic mass is 28.3. The van der Waals surface area contributed by atoms with Gasteiger partial charge in [-0.2, -0.15) is 0 Å². The Morgan fingerprint density at radius 3 is 2.35 bits per heavy atom. The smallest absolute Gasteiger partial charge is 0.0823 e. The van der Waals surface area contributed by atoms with Gasteiger partial charge < -0.3 is 4.40 Å². The molecule has 7 aromatic rings. The van der Waals surface area contributed by atoms with Crippen LogP contribution in [-0.2, 0) is 5.41 Å². The molecular weight excluding hydrogens is 428 g/mol. The van der Waals surface area contributed by atoms with Gasteiger partial charge in [-0.1, -0.05) is 82.0 Å². The zero-order chi connectivity index (χ0) is 23.1. The number of hydrogen-bond acceptors (Lipinski definition) is 1. The highest BCUT2D eigenvalue weighted by molar-refractivity contribution is 6.91. The SMILES string of the molecule is CC1(C)c2c3ccccc3cc3c4nccc5cc([Si](C)(C)C)c6c7cccc1c7n(c23)c6c54. The van der Waals surface area contributed by atoms with Crippen molar-refractivity contribution in [2.24, 2.45) is 0 Å². The van der Waals surface area contributed by atoms with Crippen LogP contribution in [0.3, 0.4) is 0 Å². The zero-order valence-corrected chi connectivity index (χ0v) is 21.2. The highest BCUT2D eigenvalue weighted by Gasteiger charge is 2.38. The maximum atomic E-state index is 5.04. The van der Waals surface area contributed by atoms with Crippen molar-refractivity contribution in [1.29, 1.82) is 0 Å². The van der Waals surface area contributed by atoms with E-state index >= 15 is 0 Å². The molecule has 0 unspecified atom stereocenters. The third-order valence-electron chi connectivity index (χ3n) is 8.39. The van der Waals surface area contributed by atoms with Crippen LogP contribution in [0.25, 0.3) is 59.8 Å². The number of benzene rings is 4. The fourth-order valence-electron chi connectivity index (χ4n) is 6.96. The van der Waals surface area contributed by atoms with Crippen molar-refractivity contribution in [3.05, 3.63) is 78.0 Å².